The maximum atomic E-state index is 13.0. The molecule has 0 radical (unpaired) electrons. The molecule has 9 nitrogen and oxygen atoms in total. The van der Waals surface area contributed by atoms with Crippen molar-refractivity contribution in [2.45, 2.75) is 6.42 Å². The van der Waals surface area contributed by atoms with E-state index in [-0.39, 0.29) is 30.1 Å². The van der Waals surface area contributed by atoms with E-state index >= 15 is 0 Å². The third kappa shape index (κ3) is 4.11. The van der Waals surface area contributed by atoms with Gasteiger partial charge in [-0.1, -0.05) is 6.07 Å². The van der Waals surface area contributed by atoms with Crippen LogP contribution < -0.4 is 15.8 Å². The molecule has 2 N–H and O–H groups in total. The van der Waals surface area contributed by atoms with Gasteiger partial charge in [-0.3, -0.25) is 35.3 Å². The van der Waals surface area contributed by atoms with E-state index in [9.17, 15) is 28.9 Å². The lowest BCUT2D eigenvalue weighted by Gasteiger charge is -2.16. The van der Waals surface area contributed by atoms with E-state index in [0.717, 1.165) is 6.07 Å². The highest BCUT2D eigenvalue weighted by atomic mass is 19.1. The maximum absolute atomic E-state index is 13.0. The van der Waals surface area contributed by atoms with E-state index in [1.165, 1.54) is 47.4 Å². The molecule has 0 aromatic heterocycles. The predicted molar refractivity (Wildman–Crippen MR) is 95.6 cm³/mol. The van der Waals surface area contributed by atoms with Gasteiger partial charge in [0.25, 0.3) is 11.6 Å². The number of hydrogen-bond donors (Lipinski definition) is 2. The number of nitrogens with zero attached hydrogens (tertiary/aromatic N) is 2. The Hall–Kier alpha value is -3.82. The number of carbonyl (C=O) groups excluding carboxylic acids is 3. The zero-order valence-electron chi connectivity index (χ0n) is 14.4. The van der Waals surface area contributed by atoms with Gasteiger partial charge < -0.3 is 4.90 Å². The summed E-state index contributed by atoms with van der Waals surface area (Å²) in [5.74, 6) is -2.73. The highest BCUT2D eigenvalue weighted by molar-refractivity contribution is 6.01. The molecule has 1 aliphatic heterocycles. The minimum atomic E-state index is -0.725. The molecule has 0 aliphatic carbocycles. The number of nitro groups is 1. The Balaban J connectivity index is 1.59. The van der Waals surface area contributed by atoms with Gasteiger partial charge in [0, 0.05) is 36.3 Å². The fourth-order valence-corrected chi connectivity index (χ4v) is 2.81. The van der Waals surface area contributed by atoms with E-state index in [2.05, 4.69) is 10.9 Å². The Bertz CT molecular complexity index is 947. The van der Waals surface area contributed by atoms with Crippen molar-refractivity contribution in [2.75, 3.05) is 11.4 Å². The van der Waals surface area contributed by atoms with Gasteiger partial charge >= 0.3 is 0 Å². The zero-order chi connectivity index (χ0) is 20.3. The molecular weight excluding hydrogens is 371 g/mol. The Morgan fingerprint density at radius 3 is 2.54 bits per heavy atom. The van der Waals surface area contributed by atoms with Gasteiger partial charge in [0.1, 0.15) is 5.82 Å². The molecule has 3 amide bonds. The fraction of sp³-hybridized carbons (Fsp3) is 0.167. The lowest BCUT2D eigenvalue weighted by atomic mass is 10.1. The van der Waals surface area contributed by atoms with Crippen LogP contribution in [0.15, 0.2) is 48.5 Å². The number of halogens is 1. The summed E-state index contributed by atoms with van der Waals surface area (Å²) in [5.41, 5.74) is 4.63. The first-order chi connectivity index (χ1) is 13.3. The lowest BCUT2D eigenvalue weighted by Crippen LogP contribution is -2.45. The van der Waals surface area contributed by atoms with E-state index in [4.69, 9.17) is 0 Å². The number of benzene rings is 2. The summed E-state index contributed by atoms with van der Waals surface area (Å²) in [4.78, 5) is 47.9. The average Bonchev–Trinajstić information content (AvgIpc) is 3.08. The Kier molecular flexibility index (Phi) is 5.30. The van der Waals surface area contributed by atoms with Crippen LogP contribution in [0.3, 0.4) is 0 Å². The van der Waals surface area contributed by atoms with Crippen LogP contribution in [-0.2, 0) is 9.59 Å². The molecule has 0 saturated carbocycles. The summed E-state index contributed by atoms with van der Waals surface area (Å²) in [7, 11) is 0. The summed E-state index contributed by atoms with van der Waals surface area (Å²) in [5, 5.41) is 10.8. The Labute approximate surface area is 158 Å². The van der Waals surface area contributed by atoms with Gasteiger partial charge in [0.2, 0.25) is 11.8 Å². The average molecular weight is 386 g/mol. The van der Waals surface area contributed by atoms with Crippen LogP contribution in [0.25, 0.3) is 0 Å². The smallest absolute Gasteiger partial charge is 0.270 e. The van der Waals surface area contributed by atoms with Gasteiger partial charge in [0.05, 0.1) is 10.8 Å². The molecule has 1 heterocycles. The molecule has 2 aromatic carbocycles. The molecule has 1 atom stereocenters. The molecule has 0 spiro atoms. The Morgan fingerprint density at radius 1 is 1.14 bits per heavy atom. The maximum Gasteiger partial charge on any atom is 0.270 e. The number of rotatable bonds is 4. The zero-order valence-corrected chi connectivity index (χ0v) is 14.4. The number of hydrogen-bond acceptors (Lipinski definition) is 5. The van der Waals surface area contributed by atoms with Crippen LogP contribution >= 0.6 is 0 Å². The molecule has 3 rings (SSSR count). The second-order valence-corrected chi connectivity index (χ2v) is 6.13. The monoisotopic (exact) mass is 386 g/mol. The summed E-state index contributed by atoms with van der Waals surface area (Å²) in [6.45, 7) is 0.0863. The predicted octanol–water partition coefficient (Wildman–Crippen LogP) is 1.55. The van der Waals surface area contributed by atoms with Crippen LogP contribution in [0.2, 0.25) is 0 Å². The largest absolute Gasteiger partial charge is 0.312 e. The van der Waals surface area contributed by atoms with Crippen molar-refractivity contribution < 1.29 is 23.7 Å². The topological polar surface area (TPSA) is 122 Å². The number of carbonyl (C=O) groups is 3. The third-order valence-electron chi connectivity index (χ3n) is 4.25. The molecule has 10 heteroatoms. The first-order valence-corrected chi connectivity index (χ1v) is 8.26. The Morgan fingerprint density at radius 2 is 1.86 bits per heavy atom. The van der Waals surface area contributed by atoms with Crippen LogP contribution in [0.5, 0.6) is 0 Å². The second kappa shape index (κ2) is 7.82. The number of nitro benzene ring substituents is 1. The van der Waals surface area contributed by atoms with E-state index < -0.39 is 28.5 Å². The quantitative estimate of drug-likeness (QED) is 0.610. The van der Waals surface area contributed by atoms with Crippen LogP contribution in [-0.4, -0.2) is 29.2 Å². The highest BCUT2D eigenvalue weighted by Crippen LogP contribution is 2.25. The number of non-ortho nitro benzene ring substituents is 1. The number of amides is 3. The molecule has 0 unspecified atom stereocenters. The standard InChI is InChI=1S/C18H15FN4O5/c19-13-4-6-14(7-5-13)22-10-12(9-16(22)24)18(26)21-20-17(25)11-2-1-3-15(8-11)23(27)28/h1-8,12H,9-10H2,(H,20,25)(H,21,26)/t12-/m1/s1. The summed E-state index contributed by atoms with van der Waals surface area (Å²) in [6, 6.07) is 10.4. The number of anilines is 1. The van der Waals surface area contributed by atoms with Gasteiger partial charge in [-0.15, -0.1) is 0 Å². The summed E-state index contributed by atoms with van der Waals surface area (Å²) < 4.78 is 13.0. The molecule has 1 fully saturated rings. The van der Waals surface area contributed by atoms with Crippen molar-refractivity contribution in [3.05, 3.63) is 70.0 Å². The van der Waals surface area contributed by atoms with E-state index in [1.54, 1.807) is 0 Å². The normalized spacial score (nSPS) is 16.0. The van der Waals surface area contributed by atoms with Crippen molar-refractivity contribution in [3.63, 3.8) is 0 Å². The second-order valence-electron chi connectivity index (χ2n) is 6.13. The van der Waals surface area contributed by atoms with Gasteiger partial charge in [0.15, 0.2) is 0 Å². The van der Waals surface area contributed by atoms with Gasteiger partial charge in [-0.05, 0) is 30.3 Å². The highest BCUT2D eigenvalue weighted by Gasteiger charge is 2.35. The molecule has 1 aliphatic rings. The van der Waals surface area contributed by atoms with E-state index in [0.29, 0.717) is 5.69 Å². The minimum Gasteiger partial charge on any atom is -0.312 e. The van der Waals surface area contributed by atoms with Gasteiger partial charge in [-0.2, -0.15) is 0 Å². The third-order valence-corrected chi connectivity index (χ3v) is 4.25. The summed E-state index contributed by atoms with van der Waals surface area (Å²) >= 11 is 0. The first kappa shape index (κ1) is 19.0. The molecule has 144 valence electrons. The minimum absolute atomic E-state index is 0.00457. The molecule has 28 heavy (non-hydrogen) atoms. The van der Waals surface area contributed by atoms with Crippen molar-refractivity contribution in [2.24, 2.45) is 5.92 Å². The number of nitrogens with one attached hydrogen (secondary N) is 2. The summed E-state index contributed by atoms with van der Waals surface area (Å²) in [6.07, 6.45) is -0.0596. The lowest BCUT2D eigenvalue weighted by molar-refractivity contribution is -0.384. The van der Waals surface area contributed by atoms with Crippen LogP contribution in [0.1, 0.15) is 16.8 Å². The molecule has 0 bridgehead atoms. The van der Waals surface area contributed by atoms with E-state index in [1.807, 2.05) is 0 Å². The molecule has 1 saturated heterocycles. The van der Waals surface area contributed by atoms with Crippen molar-refractivity contribution >= 4 is 29.1 Å². The molecular formula is C18H15FN4O5. The molecule has 2 aromatic rings. The van der Waals surface area contributed by atoms with Crippen LogP contribution in [0, 0.1) is 21.8 Å². The van der Waals surface area contributed by atoms with Crippen molar-refractivity contribution in [1.29, 1.82) is 0 Å². The number of hydrazine groups is 1. The SMILES string of the molecule is O=C(NNC(=O)[C@@H]1CC(=O)N(c2ccc(F)cc2)C1)c1cccc([N+](=O)[O-])c1. The fourth-order valence-electron chi connectivity index (χ4n) is 2.81. The van der Waals surface area contributed by atoms with Crippen LogP contribution in [0.4, 0.5) is 15.8 Å². The van der Waals surface area contributed by atoms with Crippen molar-refractivity contribution in [1.82, 2.24) is 10.9 Å². The van der Waals surface area contributed by atoms with Gasteiger partial charge in [-0.25, -0.2) is 4.39 Å². The van der Waals surface area contributed by atoms with Crippen molar-refractivity contribution in [3.8, 4) is 0 Å². The first-order valence-electron chi connectivity index (χ1n) is 8.26.